The standard InChI is InChI=1S/C20H18N4O4/c25-20(22-10-12-28-13-11-22)18-14-23(16-4-2-1-3-5-16)21-19(18)15-6-8-17(9-7-15)24(26)27/h1-9,14H,10-13H2. The molecule has 1 amide bonds. The fourth-order valence-corrected chi connectivity index (χ4v) is 3.13. The number of amides is 1. The van der Waals surface area contributed by atoms with Crippen molar-refractivity contribution in [2.45, 2.75) is 0 Å². The molecule has 2 heterocycles. The highest BCUT2D eigenvalue weighted by Gasteiger charge is 2.25. The van der Waals surface area contributed by atoms with Crippen LogP contribution in [-0.2, 0) is 4.74 Å². The average molecular weight is 378 g/mol. The Labute approximate surface area is 161 Å². The van der Waals surface area contributed by atoms with Crippen molar-refractivity contribution in [1.29, 1.82) is 0 Å². The van der Waals surface area contributed by atoms with Gasteiger partial charge in [-0.05, 0) is 24.3 Å². The zero-order chi connectivity index (χ0) is 19.5. The van der Waals surface area contributed by atoms with E-state index in [1.807, 2.05) is 30.3 Å². The van der Waals surface area contributed by atoms with Gasteiger partial charge in [-0.25, -0.2) is 4.68 Å². The van der Waals surface area contributed by atoms with E-state index < -0.39 is 4.92 Å². The Balaban J connectivity index is 1.77. The Hall–Kier alpha value is -3.52. The summed E-state index contributed by atoms with van der Waals surface area (Å²) in [5, 5.41) is 15.5. The number of hydrogen-bond donors (Lipinski definition) is 0. The first kappa shape index (κ1) is 17.9. The molecular formula is C20H18N4O4. The van der Waals surface area contributed by atoms with Gasteiger partial charge in [0, 0.05) is 37.0 Å². The van der Waals surface area contributed by atoms with Crippen LogP contribution in [0, 0.1) is 10.1 Å². The highest BCUT2D eigenvalue weighted by molar-refractivity contribution is 6.00. The molecule has 1 aliphatic heterocycles. The van der Waals surface area contributed by atoms with E-state index in [1.165, 1.54) is 12.1 Å². The van der Waals surface area contributed by atoms with Crippen LogP contribution in [0.5, 0.6) is 0 Å². The van der Waals surface area contributed by atoms with E-state index in [0.29, 0.717) is 43.1 Å². The summed E-state index contributed by atoms with van der Waals surface area (Å²) in [5.74, 6) is -0.126. The summed E-state index contributed by atoms with van der Waals surface area (Å²) in [6.45, 7) is 2.06. The second kappa shape index (κ2) is 7.61. The number of carbonyl (C=O) groups excluding carboxylic acids is 1. The van der Waals surface area contributed by atoms with E-state index in [1.54, 1.807) is 27.9 Å². The second-order valence-electron chi connectivity index (χ2n) is 6.38. The molecule has 8 heteroatoms. The molecule has 0 bridgehead atoms. The van der Waals surface area contributed by atoms with Crippen LogP contribution in [0.4, 0.5) is 5.69 Å². The van der Waals surface area contributed by atoms with Crippen molar-refractivity contribution in [1.82, 2.24) is 14.7 Å². The maximum atomic E-state index is 13.1. The van der Waals surface area contributed by atoms with Gasteiger partial charge in [0.25, 0.3) is 11.6 Å². The maximum Gasteiger partial charge on any atom is 0.269 e. The number of benzene rings is 2. The molecule has 1 saturated heterocycles. The van der Waals surface area contributed by atoms with Crippen LogP contribution in [0.3, 0.4) is 0 Å². The number of aromatic nitrogens is 2. The number of nitro groups is 1. The van der Waals surface area contributed by atoms with E-state index in [2.05, 4.69) is 5.10 Å². The lowest BCUT2D eigenvalue weighted by molar-refractivity contribution is -0.384. The van der Waals surface area contributed by atoms with E-state index in [-0.39, 0.29) is 11.6 Å². The molecule has 2 aromatic carbocycles. The summed E-state index contributed by atoms with van der Waals surface area (Å²) in [4.78, 5) is 25.3. The molecule has 1 fully saturated rings. The van der Waals surface area contributed by atoms with Crippen LogP contribution in [0.25, 0.3) is 16.9 Å². The first-order valence-electron chi connectivity index (χ1n) is 8.90. The quantitative estimate of drug-likeness (QED) is 0.514. The lowest BCUT2D eigenvalue weighted by Gasteiger charge is -2.26. The molecule has 0 radical (unpaired) electrons. The molecule has 0 N–H and O–H groups in total. The Morgan fingerprint density at radius 2 is 1.71 bits per heavy atom. The van der Waals surface area contributed by atoms with Gasteiger partial charge >= 0.3 is 0 Å². The van der Waals surface area contributed by atoms with Gasteiger partial charge < -0.3 is 9.64 Å². The van der Waals surface area contributed by atoms with Gasteiger partial charge in [0.05, 0.1) is 29.4 Å². The van der Waals surface area contributed by atoms with Crippen LogP contribution >= 0.6 is 0 Å². The fraction of sp³-hybridized carbons (Fsp3) is 0.200. The van der Waals surface area contributed by atoms with Crippen LogP contribution < -0.4 is 0 Å². The summed E-state index contributed by atoms with van der Waals surface area (Å²) in [5.41, 5.74) is 2.42. The first-order chi connectivity index (χ1) is 13.6. The molecule has 0 unspecified atom stereocenters. The monoisotopic (exact) mass is 378 g/mol. The predicted octanol–water partition coefficient (Wildman–Crippen LogP) is 2.92. The summed E-state index contributed by atoms with van der Waals surface area (Å²) in [6.07, 6.45) is 1.71. The average Bonchev–Trinajstić information content (AvgIpc) is 3.20. The number of morpholine rings is 1. The van der Waals surface area contributed by atoms with Crippen molar-refractivity contribution in [2.24, 2.45) is 0 Å². The Bertz CT molecular complexity index is 993. The minimum Gasteiger partial charge on any atom is -0.378 e. The lowest BCUT2D eigenvalue weighted by Crippen LogP contribution is -2.40. The summed E-state index contributed by atoms with van der Waals surface area (Å²) >= 11 is 0. The second-order valence-corrected chi connectivity index (χ2v) is 6.38. The van der Waals surface area contributed by atoms with Gasteiger partial charge in [-0.15, -0.1) is 0 Å². The highest BCUT2D eigenvalue weighted by atomic mass is 16.6. The van der Waals surface area contributed by atoms with E-state index >= 15 is 0 Å². The smallest absolute Gasteiger partial charge is 0.269 e. The number of hydrogen-bond acceptors (Lipinski definition) is 5. The van der Waals surface area contributed by atoms with E-state index in [0.717, 1.165) is 5.69 Å². The van der Waals surface area contributed by atoms with Crippen molar-refractivity contribution in [2.75, 3.05) is 26.3 Å². The van der Waals surface area contributed by atoms with Gasteiger partial charge in [-0.3, -0.25) is 14.9 Å². The third kappa shape index (κ3) is 3.49. The molecule has 1 aromatic heterocycles. The maximum absolute atomic E-state index is 13.1. The number of non-ortho nitro benzene ring substituents is 1. The molecule has 1 aliphatic rings. The summed E-state index contributed by atoms with van der Waals surface area (Å²) < 4.78 is 6.99. The molecule has 0 spiro atoms. The van der Waals surface area contributed by atoms with Gasteiger partial charge in [0.15, 0.2) is 0 Å². The van der Waals surface area contributed by atoms with E-state index in [4.69, 9.17) is 4.74 Å². The topological polar surface area (TPSA) is 90.5 Å². The van der Waals surface area contributed by atoms with Crippen molar-refractivity contribution < 1.29 is 14.5 Å². The van der Waals surface area contributed by atoms with Crippen LogP contribution in [0.1, 0.15) is 10.4 Å². The van der Waals surface area contributed by atoms with Crippen molar-refractivity contribution in [3.05, 3.63) is 76.5 Å². The Kier molecular flexibility index (Phi) is 4.86. The minimum atomic E-state index is -0.452. The molecular weight excluding hydrogens is 360 g/mol. The third-order valence-corrected chi connectivity index (χ3v) is 4.62. The lowest BCUT2D eigenvalue weighted by atomic mass is 10.1. The number of nitro benzene ring substituents is 1. The molecule has 0 aliphatic carbocycles. The Morgan fingerprint density at radius 3 is 2.36 bits per heavy atom. The summed E-state index contributed by atoms with van der Waals surface area (Å²) in [7, 11) is 0. The SMILES string of the molecule is O=C(c1cn(-c2ccccc2)nc1-c1ccc([N+](=O)[O-])cc1)N1CCOCC1. The van der Waals surface area contributed by atoms with Crippen molar-refractivity contribution >= 4 is 11.6 Å². The first-order valence-corrected chi connectivity index (χ1v) is 8.90. The molecule has 28 heavy (non-hydrogen) atoms. The largest absolute Gasteiger partial charge is 0.378 e. The third-order valence-electron chi connectivity index (χ3n) is 4.62. The number of carbonyl (C=O) groups is 1. The predicted molar refractivity (Wildman–Crippen MR) is 102 cm³/mol. The molecule has 142 valence electrons. The molecule has 0 atom stereocenters. The van der Waals surface area contributed by atoms with Crippen LogP contribution in [0.15, 0.2) is 60.8 Å². The number of nitrogens with zero attached hydrogens (tertiary/aromatic N) is 4. The number of para-hydroxylation sites is 1. The number of rotatable bonds is 4. The molecule has 3 aromatic rings. The van der Waals surface area contributed by atoms with Crippen molar-refractivity contribution in [3.8, 4) is 16.9 Å². The fourth-order valence-electron chi connectivity index (χ4n) is 3.13. The Morgan fingerprint density at radius 1 is 1.04 bits per heavy atom. The van der Waals surface area contributed by atoms with Crippen molar-refractivity contribution in [3.63, 3.8) is 0 Å². The van der Waals surface area contributed by atoms with E-state index in [9.17, 15) is 14.9 Å². The van der Waals surface area contributed by atoms with Gasteiger partial charge in [0.1, 0.15) is 5.69 Å². The molecule has 4 rings (SSSR count). The minimum absolute atomic E-state index is 0.00713. The van der Waals surface area contributed by atoms with Gasteiger partial charge in [-0.1, -0.05) is 18.2 Å². The highest BCUT2D eigenvalue weighted by Crippen LogP contribution is 2.27. The number of ether oxygens (including phenoxy) is 1. The van der Waals surface area contributed by atoms with Crippen LogP contribution in [-0.4, -0.2) is 51.8 Å². The zero-order valence-electron chi connectivity index (χ0n) is 15.0. The van der Waals surface area contributed by atoms with Gasteiger partial charge in [0.2, 0.25) is 0 Å². The zero-order valence-corrected chi connectivity index (χ0v) is 15.0. The normalized spacial score (nSPS) is 14.1. The summed E-state index contributed by atoms with van der Waals surface area (Å²) in [6, 6.07) is 15.6. The van der Waals surface area contributed by atoms with Gasteiger partial charge in [-0.2, -0.15) is 5.10 Å². The molecule has 8 nitrogen and oxygen atoms in total. The van der Waals surface area contributed by atoms with Crippen LogP contribution in [0.2, 0.25) is 0 Å². The molecule has 0 saturated carbocycles.